The van der Waals surface area contributed by atoms with Gasteiger partial charge in [0.05, 0.1) is 28.5 Å². The molecule has 0 bridgehead atoms. The minimum absolute atomic E-state index is 0.0843. The Morgan fingerprint density at radius 3 is 2.42 bits per heavy atom. The number of nitrogens with zero attached hydrogens (tertiary/aromatic N) is 4. The van der Waals surface area contributed by atoms with Gasteiger partial charge in [0.2, 0.25) is 0 Å². The van der Waals surface area contributed by atoms with Crippen LogP contribution in [0.4, 0.5) is 0 Å². The highest BCUT2D eigenvalue weighted by Gasteiger charge is 2.44. The molecule has 4 rings (SSSR count). The van der Waals surface area contributed by atoms with Crippen LogP contribution in [0.2, 0.25) is 0 Å². The topological polar surface area (TPSA) is 51.0 Å². The molecule has 0 atom stereocenters. The SMILES string of the molecule is CC1(C)N=C(c2cnc3ccccc3n2)c2cnccc2C1(C)C. The number of fused-ring (bicyclic) bond motifs is 2. The summed E-state index contributed by atoms with van der Waals surface area (Å²) in [4.78, 5) is 18.7. The summed E-state index contributed by atoms with van der Waals surface area (Å²) < 4.78 is 0. The first-order valence-electron chi connectivity index (χ1n) is 8.17. The molecule has 2 aromatic heterocycles. The maximum atomic E-state index is 5.06. The fourth-order valence-electron chi connectivity index (χ4n) is 3.20. The van der Waals surface area contributed by atoms with Gasteiger partial charge in [0, 0.05) is 23.4 Å². The molecule has 4 heteroatoms. The van der Waals surface area contributed by atoms with Crippen molar-refractivity contribution in [1.29, 1.82) is 0 Å². The zero-order valence-corrected chi connectivity index (χ0v) is 14.4. The number of aliphatic imine (C=N–C) groups is 1. The number of aromatic nitrogens is 3. The first-order chi connectivity index (χ1) is 11.4. The fourth-order valence-corrected chi connectivity index (χ4v) is 3.20. The van der Waals surface area contributed by atoms with Crippen LogP contribution in [-0.4, -0.2) is 26.2 Å². The largest absolute Gasteiger partial charge is 0.275 e. The highest BCUT2D eigenvalue weighted by molar-refractivity contribution is 6.14. The normalized spacial score (nSPS) is 18.1. The van der Waals surface area contributed by atoms with Crippen molar-refractivity contribution in [2.45, 2.75) is 38.6 Å². The van der Waals surface area contributed by atoms with Gasteiger partial charge in [0.25, 0.3) is 0 Å². The van der Waals surface area contributed by atoms with E-state index in [1.165, 1.54) is 5.56 Å². The van der Waals surface area contributed by atoms with E-state index in [-0.39, 0.29) is 11.0 Å². The van der Waals surface area contributed by atoms with Gasteiger partial charge in [0.15, 0.2) is 0 Å². The minimum atomic E-state index is -0.246. The van der Waals surface area contributed by atoms with Gasteiger partial charge in [0.1, 0.15) is 5.69 Å². The van der Waals surface area contributed by atoms with Crippen LogP contribution in [0.5, 0.6) is 0 Å². The third-order valence-electron chi connectivity index (χ3n) is 5.36. The molecule has 120 valence electrons. The van der Waals surface area contributed by atoms with Gasteiger partial charge < -0.3 is 0 Å². The van der Waals surface area contributed by atoms with Crippen LogP contribution in [0.1, 0.15) is 44.5 Å². The zero-order valence-electron chi connectivity index (χ0n) is 14.4. The van der Waals surface area contributed by atoms with E-state index in [4.69, 9.17) is 9.98 Å². The van der Waals surface area contributed by atoms with Crippen LogP contribution in [0.3, 0.4) is 0 Å². The Labute approximate surface area is 141 Å². The third kappa shape index (κ3) is 2.06. The molecule has 0 unspecified atom stereocenters. The molecule has 4 nitrogen and oxygen atoms in total. The molecule has 24 heavy (non-hydrogen) atoms. The van der Waals surface area contributed by atoms with Gasteiger partial charge in [-0.05, 0) is 37.6 Å². The molecule has 1 aliphatic heterocycles. The third-order valence-corrected chi connectivity index (χ3v) is 5.36. The van der Waals surface area contributed by atoms with E-state index in [0.29, 0.717) is 0 Å². The standard InChI is InChI=1S/C20H20N4/c1-19(2)14-9-10-21-11-13(14)18(24-20(19,3)4)17-12-22-15-7-5-6-8-16(15)23-17/h5-12H,1-4H3. The zero-order chi connectivity index (χ0) is 16.9. The molecule has 0 spiro atoms. The number of hydrogen-bond donors (Lipinski definition) is 0. The highest BCUT2D eigenvalue weighted by Crippen LogP contribution is 2.43. The molecule has 0 N–H and O–H groups in total. The molecular formula is C20H20N4. The van der Waals surface area contributed by atoms with Crippen LogP contribution in [0.25, 0.3) is 11.0 Å². The highest BCUT2D eigenvalue weighted by atomic mass is 14.9. The Hall–Kier alpha value is -2.62. The maximum Gasteiger partial charge on any atom is 0.108 e. The Balaban J connectivity index is 1.98. The quantitative estimate of drug-likeness (QED) is 0.683. The number of benzene rings is 1. The summed E-state index contributed by atoms with van der Waals surface area (Å²) in [5, 5.41) is 0. The monoisotopic (exact) mass is 316 g/mol. The molecular weight excluding hydrogens is 296 g/mol. The molecule has 0 saturated carbocycles. The molecule has 1 aromatic carbocycles. The predicted octanol–water partition coefficient (Wildman–Crippen LogP) is 3.93. The second-order valence-corrected chi connectivity index (χ2v) is 7.31. The van der Waals surface area contributed by atoms with E-state index in [0.717, 1.165) is 28.0 Å². The second kappa shape index (κ2) is 4.94. The van der Waals surface area contributed by atoms with Crippen molar-refractivity contribution in [3.8, 4) is 0 Å². The van der Waals surface area contributed by atoms with E-state index in [2.05, 4.69) is 43.7 Å². The van der Waals surface area contributed by atoms with Gasteiger partial charge in [-0.2, -0.15) is 0 Å². The molecule has 3 heterocycles. The van der Waals surface area contributed by atoms with Crippen molar-refractivity contribution in [2.24, 2.45) is 4.99 Å². The molecule has 0 amide bonds. The van der Waals surface area contributed by atoms with E-state index in [1.54, 1.807) is 0 Å². The number of hydrogen-bond acceptors (Lipinski definition) is 4. The van der Waals surface area contributed by atoms with Crippen molar-refractivity contribution in [2.75, 3.05) is 0 Å². The first-order valence-corrected chi connectivity index (χ1v) is 8.17. The average molecular weight is 316 g/mol. The molecule has 3 aromatic rings. The number of rotatable bonds is 1. The van der Waals surface area contributed by atoms with E-state index in [9.17, 15) is 0 Å². The Kier molecular flexibility index (Phi) is 3.07. The second-order valence-electron chi connectivity index (χ2n) is 7.31. The van der Waals surface area contributed by atoms with Crippen molar-refractivity contribution >= 4 is 16.7 Å². The summed E-state index contributed by atoms with van der Waals surface area (Å²) in [5.41, 5.74) is 5.42. The lowest BCUT2D eigenvalue weighted by atomic mass is 9.66. The Bertz CT molecular complexity index is 970. The van der Waals surface area contributed by atoms with Crippen molar-refractivity contribution in [1.82, 2.24) is 15.0 Å². The number of pyridine rings is 1. The summed E-state index contributed by atoms with van der Waals surface area (Å²) in [6.07, 6.45) is 5.56. The van der Waals surface area contributed by atoms with Crippen molar-refractivity contribution in [3.05, 3.63) is 65.7 Å². The van der Waals surface area contributed by atoms with Gasteiger partial charge in [-0.1, -0.05) is 26.0 Å². The Morgan fingerprint density at radius 2 is 1.62 bits per heavy atom. The molecule has 0 aliphatic carbocycles. The first kappa shape index (κ1) is 14.9. The van der Waals surface area contributed by atoms with Gasteiger partial charge in [-0.3, -0.25) is 15.0 Å². The van der Waals surface area contributed by atoms with Gasteiger partial charge in [-0.15, -0.1) is 0 Å². The van der Waals surface area contributed by atoms with Crippen LogP contribution >= 0.6 is 0 Å². The van der Waals surface area contributed by atoms with Gasteiger partial charge in [-0.25, -0.2) is 4.98 Å². The minimum Gasteiger partial charge on any atom is -0.275 e. The fraction of sp³-hybridized carbons (Fsp3) is 0.300. The lowest BCUT2D eigenvalue weighted by molar-refractivity contribution is 0.303. The van der Waals surface area contributed by atoms with Crippen molar-refractivity contribution < 1.29 is 0 Å². The molecule has 0 fully saturated rings. The van der Waals surface area contributed by atoms with Crippen LogP contribution < -0.4 is 0 Å². The summed E-state index contributed by atoms with van der Waals surface area (Å²) in [7, 11) is 0. The van der Waals surface area contributed by atoms with Crippen LogP contribution in [0, 0.1) is 0 Å². The molecule has 0 radical (unpaired) electrons. The summed E-state index contributed by atoms with van der Waals surface area (Å²) >= 11 is 0. The van der Waals surface area contributed by atoms with Gasteiger partial charge >= 0.3 is 0 Å². The maximum absolute atomic E-state index is 5.06. The predicted molar refractivity (Wildman–Crippen MR) is 96.5 cm³/mol. The summed E-state index contributed by atoms with van der Waals surface area (Å²) in [5.74, 6) is 0. The lowest BCUT2D eigenvalue weighted by Gasteiger charge is -2.44. The smallest absolute Gasteiger partial charge is 0.108 e. The Morgan fingerprint density at radius 1 is 0.875 bits per heavy atom. The van der Waals surface area contributed by atoms with E-state index >= 15 is 0 Å². The van der Waals surface area contributed by atoms with Crippen LogP contribution in [-0.2, 0) is 5.41 Å². The summed E-state index contributed by atoms with van der Waals surface area (Å²) in [6, 6.07) is 10.00. The lowest BCUT2D eigenvalue weighted by Crippen LogP contribution is -2.46. The van der Waals surface area contributed by atoms with E-state index in [1.807, 2.05) is 42.9 Å². The molecule has 0 saturated heterocycles. The van der Waals surface area contributed by atoms with E-state index < -0.39 is 0 Å². The van der Waals surface area contributed by atoms with Crippen molar-refractivity contribution in [3.63, 3.8) is 0 Å². The summed E-state index contributed by atoms with van der Waals surface area (Å²) in [6.45, 7) is 8.81. The molecule has 1 aliphatic rings. The number of para-hydroxylation sites is 2. The van der Waals surface area contributed by atoms with Crippen LogP contribution in [0.15, 0.2) is 53.9 Å². The average Bonchev–Trinajstić information content (AvgIpc) is 2.58.